The number of aliphatic hydroxyl groups excluding tert-OH is 1. The van der Waals surface area contributed by atoms with Crippen molar-refractivity contribution in [2.75, 3.05) is 7.11 Å². The van der Waals surface area contributed by atoms with Crippen LogP contribution in [0.4, 0.5) is 0 Å². The van der Waals surface area contributed by atoms with E-state index in [-0.39, 0.29) is 54.9 Å². The van der Waals surface area contributed by atoms with Crippen molar-refractivity contribution in [1.82, 2.24) is 0 Å². The van der Waals surface area contributed by atoms with Crippen molar-refractivity contribution in [3.63, 3.8) is 0 Å². The van der Waals surface area contributed by atoms with Gasteiger partial charge in [0, 0.05) is 49.5 Å². The van der Waals surface area contributed by atoms with Crippen molar-refractivity contribution in [3.05, 3.63) is 61.2 Å². The number of rotatable bonds is 21. The third-order valence-electron chi connectivity index (χ3n) is 14.4. The van der Waals surface area contributed by atoms with Gasteiger partial charge in [-0.1, -0.05) is 239 Å². The number of unbranched alkanes of at least 4 members (excludes halogenated alkanes) is 1. The monoisotopic (exact) mass is 1090 g/mol. The summed E-state index contributed by atoms with van der Waals surface area (Å²) in [7, 11) is 1.00. The summed E-state index contributed by atoms with van der Waals surface area (Å²) >= 11 is 0. The lowest BCUT2D eigenvalue weighted by Crippen LogP contribution is -2.42. The summed E-state index contributed by atoms with van der Waals surface area (Å²) in [5, 5.41) is 16.9. The molecule has 0 aliphatic heterocycles. The summed E-state index contributed by atoms with van der Waals surface area (Å²) in [6, 6.07) is 9.46. The van der Waals surface area contributed by atoms with Gasteiger partial charge >= 0.3 is 0 Å². The van der Waals surface area contributed by atoms with E-state index in [9.17, 15) is 29.1 Å². The smallest absolute Gasteiger partial charge is 0.202 e. The van der Waals surface area contributed by atoms with Crippen molar-refractivity contribution in [2.45, 2.75) is 286 Å². The Balaban J connectivity index is -0.000000222. The van der Waals surface area contributed by atoms with Crippen LogP contribution in [0, 0.1) is 58.7 Å². The molecule has 0 radical (unpaired) electrons. The molecular formula is C69H133NO7. The standard InChI is InChI=1S/C35H57NO5.C12H16O.C6H12.C4H10.5C2H6.CH4O.CH4/c1-6-26-17-21(2)18-30(26)28(15-16-31(38)32(36)27-13-8-7-9-14-27)34(40)24(5)29(20-25-11-10-12-25)35(41)33(39)22(3)19-23(4)37;1-4-11(12(2,3)13)10-8-6-5-7-9-10;1-5-6(2,3)4;1-3-4-2;6*1-2;/h21-22,24-30,32H,6-20,36H2,1-5H3;4-9,11,13H,1H2,2-3H3;5H,1H2,2-4H3;3-4H2,1-2H3;5*1-2H3;2H,1H3;1H4/t21?,22?,24?,26-,28+,29?,30+,32+;11-;;;;;;;;;/m10........./s1. The molecule has 1 aromatic carbocycles. The highest BCUT2D eigenvalue weighted by atomic mass is 16.3. The summed E-state index contributed by atoms with van der Waals surface area (Å²) in [5.41, 5.74) is 7.12. The Morgan fingerprint density at radius 3 is 1.57 bits per heavy atom. The molecule has 0 spiro atoms. The Labute approximate surface area is 480 Å². The fourth-order valence-electron chi connectivity index (χ4n) is 9.80. The predicted molar refractivity (Wildman–Crippen MR) is 340 cm³/mol. The number of allylic oxidation sites excluding steroid dienone is 1. The van der Waals surface area contributed by atoms with Gasteiger partial charge in [-0.15, -0.1) is 13.2 Å². The van der Waals surface area contributed by atoms with Crippen LogP contribution in [-0.4, -0.2) is 57.9 Å². The maximum atomic E-state index is 14.4. The maximum absolute atomic E-state index is 14.4. The van der Waals surface area contributed by atoms with Gasteiger partial charge in [0.05, 0.1) is 11.6 Å². The number of Topliss-reactive ketones (excluding diaryl/α,β-unsaturated/α-hetero) is 5. The second-order valence-electron chi connectivity index (χ2n) is 21.7. The van der Waals surface area contributed by atoms with Gasteiger partial charge in [-0.25, -0.2) is 0 Å². The number of nitrogens with two attached hydrogens (primary N) is 1. The minimum Gasteiger partial charge on any atom is -0.400 e. The van der Waals surface area contributed by atoms with Crippen LogP contribution in [0.2, 0.25) is 0 Å². The van der Waals surface area contributed by atoms with Gasteiger partial charge in [-0.2, -0.15) is 0 Å². The van der Waals surface area contributed by atoms with Crippen LogP contribution in [-0.2, 0) is 24.0 Å². The molecule has 3 fully saturated rings. The Bertz CT molecular complexity index is 1560. The Morgan fingerprint density at radius 1 is 0.740 bits per heavy atom. The van der Waals surface area contributed by atoms with Crippen LogP contribution in [0.3, 0.4) is 0 Å². The van der Waals surface area contributed by atoms with E-state index in [0.29, 0.717) is 42.4 Å². The quantitative estimate of drug-likeness (QED) is 0.0813. The first-order chi connectivity index (χ1) is 36.0. The van der Waals surface area contributed by atoms with Gasteiger partial charge in [-0.05, 0) is 99.9 Å². The van der Waals surface area contributed by atoms with Crippen molar-refractivity contribution in [2.24, 2.45) is 64.4 Å². The zero-order chi connectivity index (χ0) is 60.8. The molecule has 8 nitrogen and oxygen atoms in total. The SMILES string of the molecule is C.C=CC(C)(C)C.C=C[C@@H](c1ccccc1)C(C)(C)O.CC.CC.CC.CC.CC.CCCC.CC[C@@H]1CC(C)C[C@@H]1[C@H](CCC(=O)[C@@H](N)C1CCCCC1)C(=O)C(C)C(CC1CCC1)C(=O)C(=O)C(C)CC(C)=O.CO. The second kappa shape index (κ2) is 53.6. The molecule has 3 aliphatic carbocycles. The summed E-state index contributed by atoms with van der Waals surface area (Å²) < 4.78 is 0. The molecule has 77 heavy (non-hydrogen) atoms. The van der Waals surface area contributed by atoms with Crippen LogP contribution in [0.5, 0.6) is 0 Å². The first-order valence-electron chi connectivity index (χ1n) is 30.8. The average Bonchev–Trinajstić information content (AvgIpc) is 3.81. The zero-order valence-electron chi connectivity index (χ0n) is 54.3. The topological polar surface area (TPSA) is 152 Å². The molecule has 9 atom stereocenters. The number of carbonyl (C=O) groups excluding carboxylic acids is 5. The lowest BCUT2D eigenvalue weighted by molar-refractivity contribution is -0.145. The predicted octanol–water partition coefficient (Wildman–Crippen LogP) is 18.8. The Kier molecular flexibility index (Phi) is 61.1. The molecule has 4 unspecified atom stereocenters. The number of hydrogen-bond acceptors (Lipinski definition) is 8. The van der Waals surface area contributed by atoms with Crippen LogP contribution in [0.1, 0.15) is 280 Å². The number of hydrogen-bond donors (Lipinski definition) is 3. The van der Waals surface area contributed by atoms with E-state index in [2.05, 4.69) is 61.6 Å². The van der Waals surface area contributed by atoms with Gasteiger partial charge in [0.2, 0.25) is 11.6 Å². The lowest BCUT2D eigenvalue weighted by atomic mass is 9.67. The van der Waals surface area contributed by atoms with Crippen molar-refractivity contribution >= 4 is 28.9 Å². The third-order valence-corrected chi connectivity index (χ3v) is 14.4. The van der Waals surface area contributed by atoms with E-state index in [0.717, 1.165) is 76.9 Å². The highest BCUT2D eigenvalue weighted by molar-refractivity contribution is 6.39. The fourth-order valence-corrected chi connectivity index (χ4v) is 9.80. The molecule has 0 saturated heterocycles. The summed E-state index contributed by atoms with van der Waals surface area (Å²) in [4.78, 5) is 66.2. The van der Waals surface area contributed by atoms with Gasteiger partial charge in [-0.3, -0.25) is 19.2 Å². The minimum absolute atomic E-state index is 0. The van der Waals surface area contributed by atoms with E-state index in [1.807, 2.05) is 113 Å². The maximum Gasteiger partial charge on any atom is 0.202 e. The summed E-state index contributed by atoms with van der Waals surface area (Å²) in [6.07, 6.45) is 19.4. The van der Waals surface area contributed by atoms with Crippen molar-refractivity contribution in [1.29, 1.82) is 0 Å². The van der Waals surface area contributed by atoms with E-state index >= 15 is 0 Å². The molecule has 3 saturated carbocycles. The number of benzene rings is 1. The van der Waals surface area contributed by atoms with Crippen molar-refractivity contribution < 1.29 is 34.2 Å². The van der Waals surface area contributed by atoms with Crippen LogP contribution < -0.4 is 5.73 Å². The van der Waals surface area contributed by atoms with Crippen LogP contribution in [0.15, 0.2) is 55.6 Å². The van der Waals surface area contributed by atoms with Crippen LogP contribution >= 0.6 is 0 Å². The molecule has 4 rings (SSSR count). The van der Waals surface area contributed by atoms with Gasteiger partial charge < -0.3 is 20.7 Å². The number of aliphatic hydroxyl groups is 2. The molecule has 0 heterocycles. The van der Waals surface area contributed by atoms with E-state index in [1.54, 1.807) is 26.8 Å². The Hall–Kier alpha value is -3.07. The zero-order valence-corrected chi connectivity index (χ0v) is 54.3. The first-order valence-corrected chi connectivity index (χ1v) is 30.8. The molecule has 1 aromatic rings. The molecule has 0 bridgehead atoms. The molecule has 4 N–H and O–H groups in total. The number of ketones is 5. The second-order valence-corrected chi connectivity index (χ2v) is 21.7. The first kappa shape index (κ1) is 87.8. The summed E-state index contributed by atoms with van der Waals surface area (Å²) in [5.74, 6) is -1.47. The molecule has 456 valence electrons. The van der Waals surface area contributed by atoms with Gasteiger partial charge in [0.25, 0.3) is 0 Å². The highest BCUT2D eigenvalue weighted by Gasteiger charge is 2.45. The van der Waals surface area contributed by atoms with Gasteiger partial charge in [0.1, 0.15) is 17.3 Å². The van der Waals surface area contributed by atoms with E-state index in [4.69, 9.17) is 10.8 Å². The minimum atomic E-state index is -0.747. The van der Waals surface area contributed by atoms with Gasteiger partial charge in [0.15, 0.2) is 0 Å². The molecule has 3 aliphatic rings. The molecular weight excluding hydrogens is 955 g/mol. The highest BCUT2D eigenvalue weighted by Crippen LogP contribution is 2.46. The van der Waals surface area contributed by atoms with Crippen molar-refractivity contribution in [3.8, 4) is 0 Å². The molecule has 0 amide bonds. The Morgan fingerprint density at radius 2 is 1.21 bits per heavy atom. The number of carbonyl (C=O) groups is 5. The van der Waals surface area contributed by atoms with E-state index < -0.39 is 41.0 Å². The summed E-state index contributed by atoms with van der Waals surface area (Å²) in [6.45, 7) is 51.1. The average molecular weight is 1090 g/mol. The normalized spacial score (nSPS) is 18.6. The third kappa shape index (κ3) is 38.3. The molecule has 8 heteroatoms. The fraction of sp³-hybridized carbons (Fsp3) is 0.783. The molecule has 0 aromatic heterocycles. The van der Waals surface area contributed by atoms with Crippen LogP contribution in [0.25, 0.3) is 0 Å². The lowest BCUT2D eigenvalue weighted by Gasteiger charge is -2.35. The largest absolute Gasteiger partial charge is 0.400 e. The van der Waals surface area contributed by atoms with E-state index in [1.165, 1.54) is 26.2 Å².